The summed E-state index contributed by atoms with van der Waals surface area (Å²) in [6, 6.07) is 1.95. The summed E-state index contributed by atoms with van der Waals surface area (Å²) in [7, 11) is 0. The Bertz CT molecular complexity index is 625. The number of amides is 1. The van der Waals surface area contributed by atoms with Gasteiger partial charge >= 0.3 is 0 Å². The first-order chi connectivity index (χ1) is 10.3. The van der Waals surface area contributed by atoms with E-state index in [-0.39, 0.29) is 12.5 Å². The van der Waals surface area contributed by atoms with Crippen LogP contribution in [0.5, 0.6) is 0 Å². The van der Waals surface area contributed by atoms with Gasteiger partial charge in [-0.2, -0.15) is 5.10 Å². The molecule has 0 aromatic carbocycles. The highest BCUT2D eigenvalue weighted by Gasteiger charge is 2.04. The third kappa shape index (κ3) is 5.38. The summed E-state index contributed by atoms with van der Waals surface area (Å²) in [5.41, 5.74) is 0.917. The van der Waals surface area contributed by atoms with E-state index in [0.29, 0.717) is 25.9 Å². The summed E-state index contributed by atoms with van der Waals surface area (Å²) in [6.07, 6.45) is 3.88. The smallest absolute Gasteiger partial charge is 0.222 e. The Morgan fingerprint density at radius 2 is 2.43 bits per heavy atom. The lowest BCUT2D eigenvalue weighted by molar-refractivity contribution is -0.121. The van der Waals surface area contributed by atoms with Gasteiger partial charge < -0.3 is 10.4 Å². The van der Waals surface area contributed by atoms with Gasteiger partial charge in [0.25, 0.3) is 0 Å². The molecule has 110 valence electrons. The normalized spacial score (nSPS) is 9.95. The van der Waals surface area contributed by atoms with Gasteiger partial charge in [0.15, 0.2) is 0 Å². The first-order valence-corrected chi connectivity index (χ1v) is 7.42. The molecule has 2 N–H and O–H groups in total. The Hall–Kier alpha value is -2.17. The van der Waals surface area contributed by atoms with Crippen molar-refractivity contribution in [3.63, 3.8) is 0 Å². The van der Waals surface area contributed by atoms with Gasteiger partial charge in [-0.05, 0) is 6.07 Å². The third-order valence-electron chi connectivity index (χ3n) is 2.62. The maximum atomic E-state index is 11.7. The number of nitrogens with zero attached hydrogens (tertiary/aromatic N) is 3. The number of carbonyl (C=O) groups is 1. The second kappa shape index (κ2) is 8.19. The monoisotopic (exact) mass is 304 g/mol. The van der Waals surface area contributed by atoms with Crippen molar-refractivity contribution >= 4 is 17.2 Å². The zero-order valence-corrected chi connectivity index (χ0v) is 12.3. The highest BCUT2D eigenvalue weighted by atomic mass is 32.1. The Kier molecular flexibility index (Phi) is 5.94. The minimum Gasteiger partial charge on any atom is -0.395 e. The highest BCUT2D eigenvalue weighted by Crippen LogP contribution is 2.13. The molecule has 21 heavy (non-hydrogen) atoms. The molecule has 0 saturated heterocycles. The van der Waals surface area contributed by atoms with Crippen molar-refractivity contribution in [1.29, 1.82) is 0 Å². The Balaban J connectivity index is 1.72. The van der Waals surface area contributed by atoms with Crippen molar-refractivity contribution < 1.29 is 9.90 Å². The van der Waals surface area contributed by atoms with E-state index in [9.17, 15) is 4.79 Å². The number of rotatable bonds is 6. The molecule has 0 aliphatic rings. The third-order valence-corrected chi connectivity index (χ3v) is 3.55. The molecule has 0 atom stereocenters. The van der Waals surface area contributed by atoms with E-state index in [2.05, 4.69) is 27.2 Å². The molecule has 0 bridgehead atoms. The van der Waals surface area contributed by atoms with E-state index in [1.54, 1.807) is 22.3 Å². The standard InChI is InChI=1S/C14H16N4O2S/c19-6-2-1-3-12-7-13(21-9-12)8-16-14(20)4-5-18-11-15-10-17-18/h7,9-11,19H,2,4-6,8H2,(H,16,20). The van der Waals surface area contributed by atoms with Crippen molar-refractivity contribution in [1.82, 2.24) is 20.1 Å². The Labute approximate surface area is 126 Å². The summed E-state index contributed by atoms with van der Waals surface area (Å²) in [5.74, 6) is 5.81. The molecule has 6 nitrogen and oxygen atoms in total. The number of aliphatic hydroxyl groups excluding tert-OH is 1. The van der Waals surface area contributed by atoms with E-state index in [4.69, 9.17) is 5.11 Å². The van der Waals surface area contributed by atoms with Gasteiger partial charge in [-0.15, -0.1) is 11.3 Å². The van der Waals surface area contributed by atoms with Crippen molar-refractivity contribution in [3.8, 4) is 11.8 Å². The zero-order chi connectivity index (χ0) is 14.9. The van der Waals surface area contributed by atoms with E-state index < -0.39 is 0 Å². The molecule has 2 heterocycles. The van der Waals surface area contributed by atoms with Crippen LogP contribution in [0.2, 0.25) is 0 Å². The molecular weight excluding hydrogens is 288 g/mol. The number of thiophene rings is 1. The lowest BCUT2D eigenvalue weighted by atomic mass is 10.3. The molecule has 0 unspecified atom stereocenters. The lowest BCUT2D eigenvalue weighted by Gasteiger charge is -2.03. The van der Waals surface area contributed by atoms with Crippen LogP contribution in [0.15, 0.2) is 24.1 Å². The van der Waals surface area contributed by atoms with E-state index >= 15 is 0 Å². The average molecular weight is 304 g/mol. The van der Waals surface area contributed by atoms with Crippen LogP contribution in [0.4, 0.5) is 0 Å². The van der Waals surface area contributed by atoms with Crippen LogP contribution in [-0.2, 0) is 17.9 Å². The SMILES string of the molecule is O=C(CCn1cncn1)NCc1cc(C#CCCO)cs1. The summed E-state index contributed by atoms with van der Waals surface area (Å²) in [4.78, 5) is 16.6. The second-order valence-corrected chi connectivity index (χ2v) is 5.26. The lowest BCUT2D eigenvalue weighted by Crippen LogP contribution is -2.23. The van der Waals surface area contributed by atoms with Crippen molar-refractivity contribution in [2.24, 2.45) is 0 Å². The van der Waals surface area contributed by atoms with Crippen molar-refractivity contribution in [2.45, 2.75) is 25.9 Å². The molecule has 0 aliphatic carbocycles. The number of nitrogens with one attached hydrogen (secondary N) is 1. The predicted octanol–water partition coefficient (Wildman–Crippen LogP) is 0.780. The first-order valence-electron chi connectivity index (χ1n) is 6.54. The van der Waals surface area contributed by atoms with Crippen LogP contribution in [-0.4, -0.2) is 32.4 Å². The van der Waals surface area contributed by atoms with Gasteiger partial charge in [-0.1, -0.05) is 11.8 Å². The van der Waals surface area contributed by atoms with Crippen LogP contribution in [0, 0.1) is 11.8 Å². The average Bonchev–Trinajstić information content (AvgIpc) is 3.15. The van der Waals surface area contributed by atoms with Crippen molar-refractivity contribution in [2.75, 3.05) is 6.61 Å². The molecule has 2 aromatic heterocycles. The fourth-order valence-electron chi connectivity index (χ4n) is 1.60. The number of hydrogen-bond donors (Lipinski definition) is 2. The van der Waals surface area contributed by atoms with Crippen LogP contribution >= 0.6 is 11.3 Å². The van der Waals surface area contributed by atoms with Gasteiger partial charge in [0, 0.05) is 28.7 Å². The quantitative estimate of drug-likeness (QED) is 0.773. The second-order valence-electron chi connectivity index (χ2n) is 4.26. The maximum absolute atomic E-state index is 11.7. The summed E-state index contributed by atoms with van der Waals surface area (Å²) >= 11 is 1.56. The predicted molar refractivity (Wildman–Crippen MR) is 79.4 cm³/mol. The molecule has 0 radical (unpaired) electrons. The molecule has 0 saturated carbocycles. The van der Waals surface area contributed by atoms with Crippen LogP contribution < -0.4 is 5.32 Å². The molecule has 0 fully saturated rings. The molecule has 0 aliphatic heterocycles. The highest BCUT2D eigenvalue weighted by molar-refractivity contribution is 7.10. The Morgan fingerprint density at radius 3 is 3.19 bits per heavy atom. The molecular formula is C14H16N4O2S. The van der Waals surface area contributed by atoms with Gasteiger partial charge in [-0.25, -0.2) is 4.98 Å². The van der Waals surface area contributed by atoms with Crippen LogP contribution in [0.25, 0.3) is 0 Å². The summed E-state index contributed by atoms with van der Waals surface area (Å²) in [5, 5.41) is 17.4. The molecule has 2 rings (SSSR count). The Morgan fingerprint density at radius 1 is 1.52 bits per heavy atom. The van der Waals surface area contributed by atoms with Gasteiger partial charge in [0.1, 0.15) is 12.7 Å². The van der Waals surface area contributed by atoms with E-state index in [1.165, 1.54) is 6.33 Å². The summed E-state index contributed by atoms with van der Waals surface area (Å²) < 4.78 is 1.62. The maximum Gasteiger partial charge on any atom is 0.222 e. The largest absolute Gasteiger partial charge is 0.395 e. The topological polar surface area (TPSA) is 80.0 Å². The zero-order valence-electron chi connectivity index (χ0n) is 11.5. The molecule has 0 spiro atoms. The minimum absolute atomic E-state index is 0.0215. The van der Waals surface area contributed by atoms with E-state index in [1.807, 2.05) is 11.4 Å². The van der Waals surface area contributed by atoms with Crippen LogP contribution in [0.1, 0.15) is 23.3 Å². The fourth-order valence-corrected chi connectivity index (χ4v) is 2.35. The van der Waals surface area contributed by atoms with Gasteiger partial charge in [0.05, 0.1) is 19.7 Å². The molecule has 1 amide bonds. The van der Waals surface area contributed by atoms with Gasteiger partial charge in [-0.3, -0.25) is 9.48 Å². The van der Waals surface area contributed by atoms with Crippen LogP contribution in [0.3, 0.4) is 0 Å². The van der Waals surface area contributed by atoms with E-state index in [0.717, 1.165) is 10.4 Å². The van der Waals surface area contributed by atoms with Gasteiger partial charge in [0.2, 0.25) is 5.91 Å². The number of aryl methyl sites for hydroxylation is 1. The van der Waals surface area contributed by atoms with Crippen molar-refractivity contribution in [3.05, 3.63) is 34.5 Å². The number of aromatic nitrogens is 3. The molecule has 2 aromatic rings. The minimum atomic E-state index is -0.0215. The molecule has 7 heteroatoms. The number of aliphatic hydroxyl groups is 1. The number of carbonyl (C=O) groups excluding carboxylic acids is 1. The fraction of sp³-hybridized carbons (Fsp3) is 0.357. The number of hydrogen-bond acceptors (Lipinski definition) is 5. The first kappa shape index (κ1) is 15.2. The summed E-state index contributed by atoms with van der Waals surface area (Å²) in [6.45, 7) is 1.10.